The van der Waals surface area contributed by atoms with E-state index in [1.807, 2.05) is 6.07 Å². The number of imidazole rings is 1. The molecule has 0 aliphatic carbocycles. The molecule has 0 unspecified atom stereocenters. The van der Waals surface area contributed by atoms with Gasteiger partial charge in [-0.3, -0.25) is 9.78 Å². The maximum atomic E-state index is 13.3. The zero-order valence-electron chi connectivity index (χ0n) is 15.4. The molecule has 0 saturated heterocycles. The Bertz CT molecular complexity index is 1210. The first kappa shape index (κ1) is 18.9. The second-order valence-corrected chi connectivity index (χ2v) is 6.68. The van der Waals surface area contributed by atoms with Crippen LogP contribution in [0.3, 0.4) is 0 Å². The smallest absolute Gasteiger partial charge is 0.205 e. The fourth-order valence-corrected chi connectivity index (χ4v) is 2.95. The third-order valence-corrected chi connectivity index (χ3v) is 4.50. The molecule has 0 aliphatic rings. The van der Waals surface area contributed by atoms with E-state index in [0.29, 0.717) is 35.2 Å². The number of H-pyrrole nitrogens is 1. The molecular formula is C21H16ClFN4O2. The molecule has 2 aromatic carbocycles. The summed E-state index contributed by atoms with van der Waals surface area (Å²) in [6, 6.07) is 13.0. The molecule has 0 radical (unpaired) electrons. The number of halogens is 2. The van der Waals surface area contributed by atoms with E-state index in [4.69, 9.17) is 16.3 Å². The first-order valence-corrected chi connectivity index (χ1v) is 9.28. The Morgan fingerprint density at radius 3 is 2.79 bits per heavy atom. The van der Waals surface area contributed by atoms with Crippen molar-refractivity contribution in [3.8, 4) is 11.5 Å². The van der Waals surface area contributed by atoms with Gasteiger partial charge in [-0.2, -0.15) is 0 Å². The third-order valence-electron chi connectivity index (χ3n) is 4.21. The second-order valence-electron chi connectivity index (χ2n) is 6.27. The molecule has 8 heteroatoms. The number of nitrogens with one attached hydrogen (secondary N) is 2. The van der Waals surface area contributed by atoms with E-state index in [9.17, 15) is 9.18 Å². The Morgan fingerprint density at radius 2 is 2.00 bits per heavy atom. The fraction of sp³-hybridized carbons (Fsp3) is 0.0952. The van der Waals surface area contributed by atoms with Gasteiger partial charge in [0.1, 0.15) is 23.0 Å². The number of carbonyl (C=O) groups excluding carboxylic acids is 1. The van der Waals surface area contributed by atoms with Gasteiger partial charge >= 0.3 is 0 Å². The van der Waals surface area contributed by atoms with Gasteiger partial charge in [-0.25, -0.2) is 9.37 Å². The van der Waals surface area contributed by atoms with Crippen LogP contribution in [0.1, 0.15) is 23.8 Å². The molecule has 4 rings (SSSR count). The summed E-state index contributed by atoms with van der Waals surface area (Å²) in [6.45, 7) is 1.79. The van der Waals surface area contributed by atoms with E-state index in [0.717, 1.165) is 11.0 Å². The van der Waals surface area contributed by atoms with Crippen LogP contribution in [0.4, 0.5) is 16.0 Å². The van der Waals surface area contributed by atoms with Crippen LogP contribution in [-0.4, -0.2) is 20.7 Å². The molecule has 146 valence electrons. The zero-order valence-corrected chi connectivity index (χ0v) is 16.1. The number of fused-ring (bicyclic) bond motifs is 1. The molecular weight excluding hydrogens is 395 g/mol. The number of rotatable bonds is 6. The van der Waals surface area contributed by atoms with Gasteiger partial charge in [0.15, 0.2) is 5.78 Å². The maximum Gasteiger partial charge on any atom is 0.205 e. The molecule has 0 saturated carbocycles. The van der Waals surface area contributed by atoms with Gasteiger partial charge < -0.3 is 15.0 Å². The largest absolute Gasteiger partial charge is 0.457 e. The predicted molar refractivity (Wildman–Crippen MR) is 110 cm³/mol. The molecule has 0 aliphatic heterocycles. The maximum absolute atomic E-state index is 13.3. The van der Waals surface area contributed by atoms with Crippen molar-refractivity contribution in [3.05, 3.63) is 71.3 Å². The van der Waals surface area contributed by atoms with Gasteiger partial charge in [-0.1, -0.05) is 18.5 Å². The standard InChI is InChI=1S/C21H16ClFN4O2/c1-2-20(28)19-11-14(7-8-24-19)29-13-4-6-17-18(10-13)27-21(26-17)25-12-3-5-16(23)15(22)9-12/h3-11H,2H2,1H3,(H2,25,26,27). The van der Waals surface area contributed by atoms with Crippen LogP contribution >= 0.6 is 11.6 Å². The lowest BCUT2D eigenvalue weighted by molar-refractivity contribution is 0.0983. The van der Waals surface area contributed by atoms with Crippen LogP contribution in [0.2, 0.25) is 5.02 Å². The summed E-state index contributed by atoms with van der Waals surface area (Å²) in [7, 11) is 0. The highest BCUT2D eigenvalue weighted by Crippen LogP contribution is 2.27. The lowest BCUT2D eigenvalue weighted by Gasteiger charge is -2.06. The summed E-state index contributed by atoms with van der Waals surface area (Å²) >= 11 is 5.81. The summed E-state index contributed by atoms with van der Waals surface area (Å²) in [5.41, 5.74) is 2.45. The number of aromatic nitrogens is 3. The van der Waals surface area contributed by atoms with Crippen LogP contribution in [0, 0.1) is 5.82 Å². The third kappa shape index (κ3) is 4.20. The number of benzene rings is 2. The molecule has 0 amide bonds. The molecule has 29 heavy (non-hydrogen) atoms. The van der Waals surface area contributed by atoms with Gasteiger partial charge in [0.05, 0.1) is 16.1 Å². The number of carbonyl (C=O) groups is 1. The number of nitrogens with zero attached hydrogens (tertiary/aromatic N) is 2. The van der Waals surface area contributed by atoms with Gasteiger partial charge in [-0.15, -0.1) is 0 Å². The van der Waals surface area contributed by atoms with Crippen LogP contribution in [0.25, 0.3) is 11.0 Å². The highest BCUT2D eigenvalue weighted by Gasteiger charge is 2.09. The van der Waals surface area contributed by atoms with Gasteiger partial charge in [0.2, 0.25) is 5.95 Å². The average molecular weight is 411 g/mol. The Kier molecular flexibility index (Phi) is 5.14. The summed E-state index contributed by atoms with van der Waals surface area (Å²) in [5, 5.41) is 3.08. The Hall–Kier alpha value is -3.45. The molecule has 4 aromatic rings. The normalized spacial score (nSPS) is 10.9. The van der Waals surface area contributed by atoms with Crippen molar-refractivity contribution in [2.75, 3.05) is 5.32 Å². The number of ketones is 1. The molecule has 0 spiro atoms. The number of pyridine rings is 1. The molecule has 2 aromatic heterocycles. The molecule has 0 atom stereocenters. The van der Waals surface area contributed by atoms with Gasteiger partial charge in [0.25, 0.3) is 0 Å². The topological polar surface area (TPSA) is 79.9 Å². The van der Waals surface area contributed by atoms with E-state index in [-0.39, 0.29) is 10.8 Å². The molecule has 2 heterocycles. The van der Waals surface area contributed by atoms with Crippen LogP contribution < -0.4 is 10.1 Å². The molecule has 2 N–H and O–H groups in total. The SMILES string of the molecule is CCC(=O)c1cc(Oc2ccc3nc(Nc4ccc(F)c(Cl)c4)[nH]c3c2)ccn1. The van der Waals surface area contributed by atoms with Crippen molar-refractivity contribution in [1.29, 1.82) is 0 Å². The highest BCUT2D eigenvalue weighted by molar-refractivity contribution is 6.31. The molecule has 0 bridgehead atoms. The van der Waals surface area contributed by atoms with Crippen LogP contribution in [0.5, 0.6) is 11.5 Å². The van der Waals surface area contributed by atoms with Crippen molar-refractivity contribution in [3.63, 3.8) is 0 Å². The average Bonchev–Trinajstić information content (AvgIpc) is 3.12. The highest BCUT2D eigenvalue weighted by atomic mass is 35.5. The summed E-state index contributed by atoms with van der Waals surface area (Å²) in [5.74, 6) is 1.06. The fourth-order valence-electron chi connectivity index (χ4n) is 2.77. The van der Waals surface area contributed by atoms with Crippen LogP contribution in [-0.2, 0) is 0 Å². The monoisotopic (exact) mass is 410 g/mol. The lowest BCUT2D eigenvalue weighted by Crippen LogP contribution is -2.00. The van der Waals surface area contributed by atoms with E-state index in [1.165, 1.54) is 12.1 Å². The second kappa shape index (κ2) is 7.89. The number of anilines is 2. The number of hydrogen-bond donors (Lipinski definition) is 2. The van der Waals surface area contributed by atoms with E-state index in [2.05, 4.69) is 20.3 Å². The van der Waals surface area contributed by atoms with Gasteiger partial charge in [-0.05, 0) is 36.4 Å². The summed E-state index contributed by atoms with van der Waals surface area (Å²) < 4.78 is 19.2. The summed E-state index contributed by atoms with van der Waals surface area (Å²) in [4.78, 5) is 23.5. The van der Waals surface area contributed by atoms with Crippen molar-refractivity contribution < 1.29 is 13.9 Å². The van der Waals surface area contributed by atoms with E-state index >= 15 is 0 Å². The van der Waals surface area contributed by atoms with Crippen molar-refractivity contribution >= 4 is 40.1 Å². The van der Waals surface area contributed by atoms with Gasteiger partial charge in [0, 0.05) is 30.4 Å². The number of ether oxygens (including phenoxy) is 1. The quantitative estimate of drug-likeness (QED) is 0.388. The molecule has 6 nitrogen and oxygen atoms in total. The first-order valence-electron chi connectivity index (χ1n) is 8.91. The number of aromatic amines is 1. The zero-order chi connectivity index (χ0) is 20.4. The number of hydrogen-bond acceptors (Lipinski definition) is 5. The number of Topliss-reactive ketones (excluding diaryl/α,β-unsaturated/α-hetero) is 1. The van der Waals surface area contributed by atoms with Crippen molar-refractivity contribution in [2.45, 2.75) is 13.3 Å². The lowest BCUT2D eigenvalue weighted by atomic mass is 10.2. The Morgan fingerprint density at radius 1 is 1.17 bits per heavy atom. The first-order chi connectivity index (χ1) is 14.0. The minimum Gasteiger partial charge on any atom is -0.457 e. The van der Waals surface area contributed by atoms with E-state index < -0.39 is 5.82 Å². The van der Waals surface area contributed by atoms with Crippen molar-refractivity contribution in [2.24, 2.45) is 0 Å². The Labute approximate surface area is 170 Å². The Balaban J connectivity index is 1.55. The summed E-state index contributed by atoms with van der Waals surface area (Å²) in [6.07, 6.45) is 1.93. The van der Waals surface area contributed by atoms with Crippen LogP contribution in [0.15, 0.2) is 54.7 Å². The predicted octanol–water partition coefficient (Wildman–Crippen LogP) is 5.88. The van der Waals surface area contributed by atoms with E-state index in [1.54, 1.807) is 43.5 Å². The molecule has 0 fully saturated rings. The minimum absolute atomic E-state index is 0.0278. The van der Waals surface area contributed by atoms with Crippen molar-refractivity contribution in [1.82, 2.24) is 15.0 Å². The minimum atomic E-state index is -0.483.